The quantitative estimate of drug-likeness (QED) is 0.639. The summed E-state index contributed by atoms with van der Waals surface area (Å²) in [5.41, 5.74) is 0. The van der Waals surface area contributed by atoms with E-state index in [2.05, 4.69) is 10.1 Å². The lowest BCUT2D eigenvalue weighted by molar-refractivity contribution is -0.142. The second kappa shape index (κ2) is 6.91. The van der Waals surface area contributed by atoms with Gasteiger partial charge in [-0.2, -0.15) is 4.98 Å². The van der Waals surface area contributed by atoms with Gasteiger partial charge in [-0.3, -0.25) is 0 Å². The zero-order chi connectivity index (χ0) is 11.8. The van der Waals surface area contributed by atoms with Crippen molar-refractivity contribution in [2.75, 3.05) is 19.8 Å². The number of aliphatic carboxylic acids is 1. The van der Waals surface area contributed by atoms with Crippen LogP contribution >= 0.6 is 0 Å². The Morgan fingerprint density at radius 2 is 2.31 bits per heavy atom. The van der Waals surface area contributed by atoms with E-state index in [0.717, 1.165) is 0 Å². The van der Waals surface area contributed by atoms with Crippen LogP contribution in [0.5, 0.6) is 0 Å². The zero-order valence-electron chi connectivity index (χ0n) is 9.01. The maximum Gasteiger partial charge on any atom is 0.329 e. The summed E-state index contributed by atoms with van der Waals surface area (Å²) in [6.45, 7) is 2.71. The third kappa shape index (κ3) is 4.85. The number of carboxylic acid groups (broad SMARTS) is 1. The summed E-state index contributed by atoms with van der Waals surface area (Å²) < 4.78 is 14.8. The van der Waals surface area contributed by atoms with Crippen molar-refractivity contribution in [3.8, 4) is 0 Å². The molecule has 0 radical (unpaired) electrons. The van der Waals surface area contributed by atoms with Gasteiger partial charge >= 0.3 is 5.97 Å². The second-order valence-corrected chi connectivity index (χ2v) is 2.94. The number of hydrogen-bond acceptors (Lipinski definition) is 6. The van der Waals surface area contributed by atoms with Crippen LogP contribution < -0.4 is 0 Å². The predicted octanol–water partition coefficient (Wildman–Crippen LogP) is 0.250. The first kappa shape index (κ1) is 12.6. The van der Waals surface area contributed by atoms with E-state index in [1.54, 1.807) is 0 Å². The number of aromatic nitrogens is 2. The van der Waals surface area contributed by atoms with Crippen LogP contribution in [0, 0.1) is 0 Å². The third-order valence-electron chi connectivity index (χ3n) is 1.64. The van der Waals surface area contributed by atoms with Crippen LogP contribution in [0.3, 0.4) is 0 Å². The van der Waals surface area contributed by atoms with E-state index in [9.17, 15) is 4.79 Å². The maximum absolute atomic E-state index is 10.2. The Balaban J connectivity index is 2.25. The molecule has 0 atom stereocenters. The number of carbonyl (C=O) groups is 1. The van der Waals surface area contributed by atoms with Gasteiger partial charge in [0.2, 0.25) is 0 Å². The Labute approximate surface area is 92.4 Å². The Bertz CT molecular complexity index is 325. The van der Waals surface area contributed by atoms with Crippen LogP contribution in [-0.2, 0) is 27.3 Å². The van der Waals surface area contributed by atoms with Crippen molar-refractivity contribution in [2.24, 2.45) is 0 Å². The van der Waals surface area contributed by atoms with Gasteiger partial charge < -0.3 is 19.1 Å². The number of nitrogens with zero attached hydrogens (tertiary/aromatic N) is 2. The minimum absolute atomic E-state index is 0.00787. The van der Waals surface area contributed by atoms with Gasteiger partial charge in [-0.05, 0) is 6.92 Å². The number of rotatable bonds is 8. The van der Waals surface area contributed by atoms with Gasteiger partial charge in [0.15, 0.2) is 5.82 Å². The summed E-state index contributed by atoms with van der Waals surface area (Å²) in [6, 6.07) is 0. The van der Waals surface area contributed by atoms with Gasteiger partial charge in [-0.15, -0.1) is 0 Å². The van der Waals surface area contributed by atoms with Crippen molar-refractivity contribution in [1.82, 2.24) is 10.1 Å². The van der Waals surface area contributed by atoms with Crippen molar-refractivity contribution in [3.05, 3.63) is 11.7 Å². The highest BCUT2D eigenvalue weighted by Gasteiger charge is 2.07. The van der Waals surface area contributed by atoms with Gasteiger partial charge in [0, 0.05) is 13.0 Å². The van der Waals surface area contributed by atoms with E-state index in [-0.39, 0.29) is 19.1 Å². The molecule has 0 spiro atoms. The Kier molecular flexibility index (Phi) is 5.44. The van der Waals surface area contributed by atoms with Crippen molar-refractivity contribution in [1.29, 1.82) is 0 Å². The van der Waals surface area contributed by atoms with Gasteiger partial charge in [-0.25, -0.2) is 4.79 Å². The summed E-state index contributed by atoms with van der Waals surface area (Å²) >= 11 is 0. The van der Waals surface area contributed by atoms with Crippen molar-refractivity contribution < 1.29 is 23.9 Å². The maximum atomic E-state index is 10.2. The Morgan fingerprint density at radius 1 is 1.50 bits per heavy atom. The van der Waals surface area contributed by atoms with Crippen LogP contribution in [0.1, 0.15) is 18.6 Å². The normalized spacial score (nSPS) is 10.6. The number of ether oxygens (including phenoxy) is 2. The van der Waals surface area contributed by atoms with Crippen LogP contribution in [0.15, 0.2) is 4.52 Å². The van der Waals surface area contributed by atoms with Gasteiger partial charge in [0.25, 0.3) is 5.89 Å². The summed E-state index contributed by atoms with van der Waals surface area (Å²) in [5.74, 6) is -0.230. The van der Waals surface area contributed by atoms with E-state index < -0.39 is 5.97 Å². The Hall–Kier alpha value is -1.47. The molecule has 7 nitrogen and oxygen atoms in total. The molecule has 1 aromatic heterocycles. The molecule has 0 fully saturated rings. The predicted molar refractivity (Wildman–Crippen MR) is 51.8 cm³/mol. The highest BCUT2D eigenvalue weighted by Crippen LogP contribution is 2.00. The molecule has 90 valence electrons. The molecule has 0 saturated heterocycles. The fraction of sp³-hybridized carbons (Fsp3) is 0.667. The summed E-state index contributed by atoms with van der Waals surface area (Å²) in [6.07, 6.45) is 0.566. The number of carboxylic acids is 1. The van der Waals surface area contributed by atoms with E-state index >= 15 is 0 Å². The molecule has 1 heterocycles. The number of hydrogen-bond donors (Lipinski definition) is 1. The first-order chi connectivity index (χ1) is 7.72. The Morgan fingerprint density at radius 3 is 3.00 bits per heavy atom. The molecule has 0 saturated carbocycles. The minimum Gasteiger partial charge on any atom is -0.480 e. The molecular weight excluding hydrogens is 216 g/mol. The molecule has 1 aromatic rings. The largest absolute Gasteiger partial charge is 0.480 e. The van der Waals surface area contributed by atoms with Crippen molar-refractivity contribution >= 4 is 5.97 Å². The second-order valence-electron chi connectivity index (χ2n) is 2.94. The topological polar surface area (TPSA) is 94.7 Å². The molecule has 0 unspecified atom stereocenters. The van der Waals surface area contributed by atoms with Crippen LogP contribution in [0.2, 0.25) is 0 Å². The van der Waals surface area contributed by atoms with Gasteiger partial charge in [0.1, 0.15) is 13.2 Å². The minimum atomic E-state index is -1.03. The van der Waals surface area contributed by atoms with Crippen LogP contribution in [-0.4, -0.2) is 41.0 Å². The van der Waals surface area contributed by atoms with Crippen LogP contribution in [0.25, 0.3) is 0 Å². The molecule has 0 aliphatic rings. The average molecular weight is 230 g/mol. The molecule has 0 aromatic carbocycles. The molecule has 0 bridgehead atoms. The molecular formula is C9H14N2O5. The fourth-order valence-electron chi connectivity index (χ4n) is 0.984. The summed E-state index contributed by atoms with van der Waals surface area (Å²) in [4.78, 5) is 14.2. The van der Waals surface area contributed by atoms with Crippen molar-refractivity contribution in [2.45, 2.75) is 20.0 Å². The summed E-state index contributed by atoms with van der Waals surface area (Å²) in [5, 5.41) is 12.0. The van der Waals surface area contributed by atoms with Gasteiger partial charge in [0.05, 0.1) is 6.61 Å². The molecule has 0 aliphatic heterocycles. The molecule has 0 aliphatic carbocycles. The van der Waals surface area contributed by atoms with E-state index in [1.165, 1.54) is 0 Å². The van der Waals surface area contributed by atoms with E-state index in [4.69, 9.17) is 19.1 Å². The monoisotopic (exact) mass is 230 g/mol. The highest BCUT2D eigenvalue weighted by molar-refractivity contribution is 5.67. The lowest BCUT2D eigenvalue weighted by Crippen LogP contribution is -2.06. The first-order valence-corrected chi connectivity index (χ1v) is 4.91. The van der Waals surface area contributed by atoms with Crippen LogP contribution in [0.4, 0.5) is 0 Å². The lowest BCUT2D eigenvalue weighted by atomic mass is 10.4. The fourth-order valence-corrected chi connectivity index (χ4v) is 0.984. The summed E-state index contributed by atoms with van der Waals surface area (Å²) in [7, 11) is 0. The van der Waals surface area contributed by atoms with Gasteiger partial charge in [-0.1, -0.05) is 5.16 Å². The lowest BCUT2D eigenvalue weighted by Gasteiger charge is -1.95. The van der Waals surface area contributed by atoms with E-state index in [0.29, 0.717) is 25.5 Å². The molecule has 1 rings (SSSR count). The zero-order valence-corrected chi connectivity index (χ0v) is 9.01. The third-order valence-corrected chi connectivity index (χ3v) is 1.64. The molecule has 0 amide bonds. The molecule has 16 heavy (non-hydrogen) atoms. The first-order valence-electron chi connectivity index (χ1n) is 4.91. The van der Waals surface area contributed by atoms with Crippen molar-refractivity contribution in [3.63, 3.8) is 0 Å². The standard InChI is InChI=1S/C9H14N2O5/c1-2-14-4-3-7-10-8(16-11-7)5-15-6-9(12)13/h2-6H2,1H3,(H,12,13). The highest BCUT2D eigenvalue weighted by atomic mass is 16.5. The smallest absolute Gasteiger partial charge is 0.329 e. The molecule has 1 N–H and O–H groups in total. The molecule has 7 heteroatoms. The van der Waals surface area contributed by atoms with E-state index in [1.807, 2.05) is 6.92 Å². The average Bonchev–Trinajstić information content (AvgIpc) is 2.66. The SMILES string of the molecule is CCOCCc1noc(COCC(=O)O)n1.